The van der Waals surface area contributed by atoms with Gasteiger partial charge in [0.1, 0.15) is 12.3 Å². The van der Waals surface area contributed by atoms with Gasteiger partial charge in [0, 0.05) is 19.2 Å². The number of halogens is 3. The Morgan fingerprint density at radius 2 is 1.80 bits per heavy atom. The lowest BCUT2D eigenvalue weighted by molar-refractivity contribution is -0.137. The number of anilines is 1. The smallest absolute Gasteiger partial charge is 0.416 e. The maximum absolute atomic E-state index is 13.6. The van der Waals surface area contributed by atoms with E-state index in [1.54, 1.807) is 11.0 Å². The van der Waals surface area contributed by atoms with Crippen LogP contribution < -0.4 is 14.8 Å². The standard InChI is InChI=1S/C22H25F3N4O5S/c23-22(24,25)16-10-17(29(13-20(30)31)35(32,33)19-4-2-1-3-5-19)12-18(11-16)34-14-15-6-8-28(9-7-15)21(26)27/h1-5,10-12,15H,6-9,13-14H2,(H3,26,27)(H,30,31). The third kappa shape index (κ3) is 6.56. The summed E-state index contributed by atoms with van der Waals surface area (Å²) in [7, 11) is -4.49. The zero-order chi connectivity index (χ0) is 25.8. The van der Waals surface area contributed by atoms with E-state index in [1.807, 2.05) is 0 Å². The Morgan fingerprint density at radius 3 is 2.34 bits per heavy atom. The molecule has 0 aliphatic carbocycles. The van der Waals surface area contributed by atoms with Crippen LogP contribution in [0.1, 0.15) is 18.4 Å². The van der Waals surface area contributed by atoms with Crippen LogP contribution in [0, 0.1) is 11.3 Å². The zero-order valence-corrected chi connectivity index (χ0v) is 19.3. The minimum absolute atomic E-state index is 0.00762. The molecule has 35 heavy (non-hydrogen) atoms. The Kier molecular flexibility index (Phi) is 7.78. The molecule has 0 atom stereocenters. The lowest BCUT2D eigenvalue weighted by Gasteiger charge is -2.32. The molecule has 0 saturated carbocycles. The van der Waals surface area contributed by atoms with Crippen molar-refractivity contribution in [3.8, 4) is 5.75 Å². The normalized spacial score (nSPS) is 15.0. The monoisotopic (exact) mass is 514 g/mol. The number of benzene rings is 2. The first-order valence-corrected chi connectivity index (χ1v) is 12.1. The van der Waals surface area contributed by atoms with Crippen LogP contribution in [-0.2, 0) is 21.0 Å². The number of hydrogen-bond donors (Lipinski definition) is 3. The molecule has 1 heterocycles. The van der Waals surface area contributed by atoms with Crippen molar-refractivity contribution >= 4 is 27.6 Å². The Morgan fingerprint density at radius 1 is 1.17 bits per heavy atom. The van der Waals surface area contributed by atoms with E-state index in [1.165, 1.54) is 24.3 Å². The van der Waals surface area contributed by atoms with E-state index in [0.717, 1.165) is 12.1 Å². The second-order valence-electron chi connectivity index (χ2n) is 8.06. The van der Waals surface area contributed by atoms with Crippen molar-refractivity contribution in [3.63, 3.8) is 0 Å². The highest BCUT2D eigenvalue weighted by molar-refractivity contribution is 7.92. The Labute approximate surface area is 200 Å². The minimum Gasteiger partial charge on any atom is -0.493 e. The molecular weight excluding hydrogens is 489 g/mol. The lowest BCUT2D eigenvalue weighted by atomic mass is 9.98. The number of ether oxygens (including phenoxy) is 1. The quantitative estimate of drug-likeness (QED) is 0.364. The number of nitrogens with zero attached hydrogens (tertiary/aromatic N) is 2. The van der Waals surface area contributed by atoms with Crippen LogP contribution in [0.2, 0.25) is 0 Å². The van der Waals surface area contributed by atoms with E-state index < -0.39 is 40.0 Å². The number of carbonyl (C=O) groups is 1. The molecule has 4 N–H and O–H groups in total. The van der Waals surface area contributed by atoms with E-state index in [2.05, 4.69) is 0 Å². The molecule has 13 heteroatoms. The molecule has 0 unspecified atom stereocenters. The van der Waals surface area contributed by atoms with E-state index in [-0.39, 0.29) is 29.1 Å². The van der Waals surface area contributed by atoms with Crippen LogP contribution in [0.25, 0.3) is 0 Å². The maximum Gasteiger partial charge on any atom is 0.416 e. The molecule has 0 aromatic heterocycles. The molecule has 2 aromatic carbocycles. The van der Waals surface area contributed by atoms with E-state index in [9.17, 15) is 31.5 Å². The fourth-order valence-electron chi connectivity index (χ4n) is 3.69. The van der Waals surface area contributed by atoms with Crippen LogP contribution in [-0.4, -0.2) is 56.6 Å². The first-order chi connectivity index (χ1) is 16.4. The van der Waals surface area contributed by atoms with Gasteiger partial charge in [0.25, 0.3) is 10.0 Å². The Hall–Kier alpha value is -3.48. The van der Waals surface area contributed by atoms with Crippen LogP contribution >= 0.6 is 0 Å². The van der Waals surface area contributed by atoms with Crippen molar-refractivity contribution in [2.45, 2.75) is 23.9 Å². The van der Waals surface area contributed by atoms with Gasteiger partial charge in [-0.05, 0) is 43.0 Å². The highest BCUT2D eigenvalue weighted by Crippen LogP contribution is 2.37. The summed E-state index contributed by atoms with van der Waals surface area (Å²) in [4.78, 5) is 12.9. The molecular formula is C22H25F3N4O5S. The van der Waals surface area contributed by atoms with Crippen LogP contribution in [0.15, 0.2) is 53.4 Å². The molecule has 2 aromatic rings. The molecule has 1 aliphatic rings. The van der Waals surface area contributed by atoms with Crippen LogP contribution in [0.4, 0.5) is 18.9 Å². The van der Waals surface area contributed by atoms with Gasteiger partial charge in [0.05, 0.1) is 22.8 Å². The average Bonchev–Trinajstić information content (AvgIpc) is 2.81. The van der Waals surface area contributed by atoms with Gasteiger partial charge in [0.2, 0.25) is 0 Å². The highest BCUT2D eigenvalue weighted by Gasteiger charge is 2.34. The summed E-state index contributed by atoms with van der Waals surface area (Å²) in [6, 6.07) is 9.27. The Bertz CT molecular complexity index is 1170. The van der Waals surface area contributed by atoms with Gasteiger partial charge in [-0.25, -0.2) is 8.42 Å². The number of nitrogens with one attached hydrogen (secondary N) is 1. The predicted octanol–water partition coefficient (Wildman–Crippen LogP) is 2.97. The Balaban J connectivity index is 1.93. The molecule has 0 bridgehead atoms. The van der Waals surface area contributed by atoms with Crippen molar-refractivity contribution < 1.29 is 36.2 Å². The maximum atomic E-state index is 13.6. The molecule has 1 fully saturated rings. The number of aliphatic carboxylic acids is 1. The van der Waals surface area contributed by atoms with E-state index in [0.29, 0.717) is 36.3 Å². The molecule has 0 amide bonds. The second kappa shape index (κ2) is 10.4. The number of carboxylic acids is 1. The van der Waals surface area contributed by atoms with Crippen LogP contribution in [0.3, 0.4) is 0 Å². The topological polar surface area (TPSA) is 137 Å². The predicted molar refractivity (Wildman–Crippen MR) is 122 cm³/mol. The summed E-state index contributed by atoms with van der Waals surface area (Å²) in [6.45, 7) is 0.0101. The van der Waals surface area contributed by atoms with Gasteiger partial charge < -0.3 is 20.5 Å². The highest BCUT2D eigenvalue weighted by atomic mass is 32.2. The first-order valence-electron chi connectivity index (χ1n) is 10.6. The van der Waals surface area contributed by atoms with Crippen molar-refractivity contribution in [2.24, 2.45) is 11.7 Å². The van der Waals surface area contributed by atoms with Gasteiger partial charge in [0.15, 0.2) is 5.96 Å². The molecule has 1 saturated heterocycles. The average molecular weight is 515 g/mol. The lowest BCUT2D eigenvalue weighted by Crippen LogP contribution is -2.43. The third-order valence-corrected chi connectivity index (χ3v) is 7.35. The van der Waals surface area contributed by atoms with Crippen molar-refractivity contribution in [1.82, 2.24) is 4.90 Å². The third-order valence-electron chi connectivity index (χ3n) is 5.56. The number of likely N-dealkylation sites (tertiary alicyclic amines) is 1. The fourth-order valence-corrected chi connectivity index (χ4v) is 5.11. The van der Waals surface area contributed by atoms with Gasteiger partial charge in [-0.2, -0.15) is 13.2 Å². The number of hydrogen-bond acceptors (Lipinski definition) is 5. The summed E-state index contributed by atoms with van der Waals surface area (Å²) in [5.74, 6) is -1.83. The summed E-state index contributed by atoms with van der Waals surface area (Å²) in [5, 5.41) is 16.8. The van der Waals surface area contributed by atoms with Gasteiger partial charge in [-0.1, -0.05) is 18.2 Å². The molecule has 190 valence electrons. The van der Waals surface area contributed by atoms with Gasteiger partial charge >= 0.3 is 12.1 Å². The molecule has 1 aliphatic heterocycles. The number of sulfonamides is 1. The number of alkyl halides is 3. The number of piperidine rings is 1. The van der Waals surface area contributed by atoms with Gasteiger partial charge in [-0.3, -0.25) is 14.5 Å². The molecule has 3 rings (SSSR count). The number of guanidine groups is 1. The second-order valence-corrected chi connectivity index (χ2v) is 9.92. The summed E-state index contributed by atoms with van der Waals surface area (Å²) in [6.07, 6.45) is -3.61. The van der Waals surface area contributed by atoms with Gasteiger partial charge in [-0.15, -0.1) is 0 Å². The summed E-state index contributed by atoms with van der Waals surface area (Å²) >= 11 is 0. The van der Waals surface area contributed by atoms with Crippen molar-refractivity contribution in [2.75, 3.05) is 30.5 Å². The van der Waals surface area contributed by atoms with Crippen molar-refractivity contribution in [3.05, 3.63) is 54.1 Å². The number of carboxylic acid groups (broad SMARTS) is 1. The summed E-state index contributed by atoms with van der Waals surface area (Å²) < 4.78 is 73.2. The summed E-state index contributed by atoms with van der Waals surface area (Å²) in [5.41, 5.74) is 3.82. The van der Waals surface area contributed by atoms with E-state index in [4.69, 9.17) is 15.9 Å². The zero-order valence-electron chi connectivity index (χ0n) is 18.5. The first kappa shape index (κ1) is 26.1. The van der Waals surface area contributed by atoms with Crippen LogP contribution in [0.5, 0.6) is 5.75 Å². The molecule has 0 radical (unpaired) electrons. The molecule has 0 spiro atoms. The SMILES string of the molecule is N=C(N)N1CCC(COc2cc(N(CC(=O)O)S(=O)(=O)c3ccccc3)cc(C(F)(F)F)c2)CC1. The van der Waals surface area contributed by atoms with E-state index >= 15 is 0 Å². The fraction of sp³-hybridized carbons (Fsp3) is 0.364. The minimum atomic E-state index is -4.83. The number of rotatable bonds is 8. The number of nitrogens with two attached hydrogens (primary N) is 1. The molecule has 9 nitrogen and oxygen atoms in total. The van der Waals surface area contributed by atoms with Crippen molar-refractivity contribution in [1.29, 1.82) is 5.41 Å². The largest absolute Gasteiger partial charge is 0.493 e.